The van der Waals surface area contributed by atoms with Crippen LogP contribution in [0.1, 0.15) is 57.0 Å². The van der Waals surface area contributed by atoms with Gasteiger partial charge in [-0.3, -0.25) is 14.4 Å². The van der Waals surface area contributed by atoms with E-state index in [-0.39, 0.29) is 11.6 Å². The number of benzene rings is 3. The highest BCUT2D eigenvalue weighted by Crippen LogP contribution is 2.40. The summed E-state index contributed by atoms with van der Waals surface area (Å²) < 4.78 is 10.5. The number of thioether (sulfide) groups is 1. The van der Waals surface area contributed by atoms with Crippen molar-refractivity contribution in [1.82, 2.24) is 5.32 Å². The zero-order valence-electron chi connectivity index (χ0n) is 27.1. The van der Waals surface area contributed by atoms with Crippen LogP contribution in [0.25, 0.3) is 6.08 Å². The first kappa shape index (κ1) is 34.5. The highest BCUT2D eigenvalue weighted by atomic mass is 32.2. The summed E-state index contributed by atoms with van der Waals surface area (Å²) in [7, 11) is 2.88. The molecule has 4 aromatic rings. The molecule has 1 aliphatic carbocycles. The Morgan fingerprint density at radius 1 is 0.958 bits per heavy atom. The Balaban J connectivity index is 1.31. The molecule has 11 heteroatoms. The Bertz CT molecular complexity index is 1850. The Kier molecular flexibility index (Phi) is 11.4. The minimum Gasteiger partial charge on any atom is -0.496 e. The van der Waals surface area contributed by atoms with Crippen molar-refractivity contribution in [3.8, 4) is 5.75 Å². The lowest BCUT2D eigenvalue weighted by atomic mass is 9.88. The number of methoxy groups -OCH3 is 2. The average molecular weight is 684 g/mol. The third kappa shape index (κ3) is 8.34. The summed E-state index contributed by atoms with van der Waals surface area (Å²) in [5.41, 5.74) is 2.94. The van der Waals surface area contributed by atoms with Crippen molar-refractivity contribution in [2.75, 3.05) is 24.9 Å². The van der Waals surface area contributed by atoms with Crippen molar-refractivity contribution < 1.29 is 28.7 Å². The van der Waals surface area contributed by atoms with E-state index in [1.54, 1.807) is 73.7 Å². The number of carbonyl (C=O) groups excluding carboxylic acids is 4. The first-order valence-corrected chi connectivity index (χ1v) is 17.2. The molecule has 248 valence electrons. The van der Waals surface area contributed by atoms with Gasteiger partial charge >= 0.3 is 5.97 Å². The molecule has 1 heterocycles. The summed E-state index contributed by atoms with van der Waals surface area (Å²) >= 11 is 2.76. The smallest absolute Gasteiger partial charge is 0.341 e. The molecule has 0 radical (unpaired) electrons. The van der Waals surface area contributed by atoms with Gasteiger partial charge in [0, 0.05) is 26.6 Å². The number of hydrogen-bond donors (Lipinski definition) is 3. The van der Waals surface area contributed by atoms with E-state index in [0.29, 0.717) is 39.0 Å². The number of para-hydroxylation sites is 1. The van der Waals surface area contributed by atoms with Gasteiger partial charge in [-0.15, -0.1) is 23.1 Å². The summed E-state index contributed by atoms with van der Waals surface area (Å²) in [6, 6.07) is 22.9. The molecule has 1 aliphatic rings. The van der Waals surface area contributed by atoms with Gasteiger partial charge in [-0.2, -0.15) is 0 Å². The zero-order valence-corrected chi connectivity index (χ0v) is 28.8. The quantitative estimate of drug-likeness (QED) is 0.0869. The maximum atomic E-state index is 13.6. The molecule has 3 aromatic carbocycles. The van der Waals surface area contributed by atoms with Gasteiger partial charge in [-0.1, -0.05) is 49.4 Å². The molecule has 0 bridgehead atoms. The van der Waals surface area contributed by atoms with E-state index in [2.05, 4.69) is 22.9 Å². The average Bonchev–Trinajstić information content (AvgIpc) is 3.44. The first-order valence-electron chi connectivity index (χ1n) is 15.5. The molecule has 48 heavy (non-hydrogen) atoms. The molecule has 3 amide bonds. The number of carbonyl (C=O) groups is 4. The summed E-state index contributed by atoms with van der Waals surface area (Å²) in [6.45, 7) is 3.97. The predicted octanol–water partition coefficient (Wildman–Crippen LogP) is 7.20. The van der Waals surface area contributed by atoms with E-state index < -0.39 is 23.0 Å². The number of anilines is 2. The summed E-state index contributed by atoms with van der Waals surface area (Å²) in [5, 5.41) is 8.58. The summed E-state index contributed by atoms with van der Waals surface area (Å²) in [4.78, 5) is 54.5. The minimum absolute atomic E-state index is 0.0219. The van der Waals surface area contributed by atoms with Crippen LogP contribution in [0.3, 0.4) is 0 Å². The molecule has 0 spiro atoms. The zero-order chi connectivity index (χ0) is 34.2. The fourth-order valence-electron chi connectivity index (χ4n) is 5.36. The van der Waals surface area contributed by atoms with Crippen molar-refractivity contribution in [2.45, 2.75) is 43.3 Å². The lowest BCUT2D eigenvalue weighted by molar-refractivity contribution is -0.115. The van der Waals surface area contributed by atoms with Crippen LogP contribution in [0, 0.1) is 5.92 Å². The van der Waals surface area contributed by atoms with E-state index in [9.17, 15) is 19.2 Å². The molecule has 2 atom stereocenters. The summed E-state index contributed by atoms with van der Waals surface area (Å²) in [5.74, 6) is -0.618. The fourth-order valence-corrected chi connectivity index (χ4v) is 7.69. The Morgan fingerprint density at radius 2 is 1.71 bits per heavy atom. The molecule has 2 unspecified atom stereocenters. The van der Waals surface area contributed by atoms with Gasteiger partial charge in [0.15, 0.2) is 0 Å². The second-order valence-corrected chi connectivity index (χ2v) is 13.9. The van der Waals surface area contributed by atoms with Crippen LogP contribution in [-0.2, 0) is 27.2 Å². The van der Waals surface area contributed by atoms with Crippen molar-refractivity contribution in [1.29, 1.82) is 0 Å². The molecule has 5 rings (SSSR count). The molecule has 0 aliphatic heterocycles. The van der Waals surface area contributed by atoms with Gasteiger partial charge in [0.1, 0.15) is 16.4 Å². The second kappa shape index (κ2) is 15.8. The number of amides is 3. The molecule has 3 N–H and O–H groups in total. The number of esters is 1. The number of ether oxygens (including phenoxy) is 2. The van der Waals surface area contributed by atoms with Crippen molar-refractivity contribution in [3.05, 3.63) is 112 Å². The fraction of sp³-hybridized carbons (Fsp3) is 0.243. The van der Waals surface area contributed by atoms with Crippen LogP contribution in [0.15, 0.2) is 89.5 Å². The normalized spacial score (nSPS) is 14.7. The molecule has 0 saturated carbocycles. The Hall–Kier alpha value is -4.87. The van der Waals surface area contributed by atoms with Crippen LogP contribution < -0.4 is 20.7 Å². The van der Waals surface area contributed by atoms with E-state index >= 15 is 0 Å². The highest BCUT2D eigenvalue weighted by Gasteiger charge is 2.30. The molecule has 1 aromatic heterocycles. The van der Waals surface area contributed by atoms with Crippen molar-refractivity contribution in [3.63, 3.8) is 0 Å². The summed E-state index contributed by atoms with van der Waals surface area (Å²) in [6.07, 6.45) is 4.19. The third-order valence-corrected chi connectivity index (χ3v) is 10.1. The van der Waals surface area contributed by atoms with E-state index in [1.165, 1.54) is 37.3 Å². The first-order chi connectivity index (χ1) is 23.2. The SMILES string of the molecule is COC(=O)c1c(NC(=O)C(C)Sc2cccc(NC(=O)/C(=C\c3ccccc3OC)NC(=O)c3ccccc3)c2)sc2c1CCC(C)C2. The molecular formula is C37H37N3O6S2. The third-order valence-electron chi connectivity index (χ3n) is 7.88. The van der Waals surface area contributed by atoms with Gasteiger partial charge in [-0.05, 0) is 80.1 Å². The largest absolute Gasteiger partial charge is 0.496 e. The van der Waals surface area contributed by atoms with Gasteiger partial charge < -0.3 is 25.4 Å². The van der Waals surface area contributed by atoms with Crippen molar-refractivity contribution in [2.24, 2.45) is 5.92 Å². The lowest BCUT2D eigenvalue weighted by Gasteiger charge is -2.18. The highest BCUT2D eigenvalue weighted by molar-refractivity contribution is 8.00. The van der Waals surface area contributed by atoms with Crippen LogP contribution >= 0.6 is 23.1 Å². The van der Waals surface area contributed by atoms with E-state index in [1.807, 2.05) is 18.2 Å². The van der Waals surface area contributed by atoms with Crippen LogP contribution in [0.2, 0.25) is 0 Å². The minimum atomic E-state index is -0.538. The van der Waals surface area contributed by atoms with E-state index in [0.717, 1.165) is 34.6 Å². The molecular weight excluding hydrogens is 647 g/mol. The molecule has 0 saturated heterocycles. The maximum absolute atomic E-state index is 13.6. The Labute approximate surface area is 288 Å². The van der Waals surface area contributed by atoms with Gasteiger partial charge in [0.2, 0.25) is 5.91 Å². The second-order valence-electron chi connectivity index (χ2n) is 11.4. The number of nitrogens with one attached hydrogen (secondary N) is 3. The monoisotopic (exact) mass is 683 g/mol. The van der Waals surface area contributed by atoms with Crippen LogP contribution in [0.5, 0.6) is 5.75 Å². The van der Waals surface area contributed by atoms with Crippen LogP contribution in [-0.4, -0.2) is 43.2 Å². The predicted molar refractivity (Wildman–Crippen MR) is 191 cm³/mol. The van der Waals surface area contributed by atoms with Gasteiger partial charge in [0.05, 0.1) is 25.0 Å². The van der Waals surface area contributed by atoms with Gasteiger partial charge in [-0.25, -0.2) is 4.79 Å². The number of rotatable bonds is 11. The topological polar surface area (TPSA) is 123 Å². The molecule has 0 fully saturated rings. The Morgan fingerprint density at radius 3 is 2.46 bits per heavy atom. The standard InChI is InChI=1S/C37H37N3O6S2/c1-22-17-18-28-31(19-22)48-36(32(28)37(44)46-4)40-33(41)23(2)47-27-15-10-14-26(21-27)38-35(43)29(20-25-13-8-9-16-30(25)45-3)39-34(42)24-11-6-5-7-12-24/h5-16,20-23H,17-19H2,1-4H3,(H,38,43)(H,39,42)(H,40,41)/b29-20+. The van der Waals surface area contributed by atoms with Gasteiger partial charge in [0.25, 0.3) is 11.8 Å². The molecule has 9 nitrogen and oxygen atoms in total. The van der Waals surface area contributed by atoms with Crippen molar-refractivity contribution >= 4 is 63.6 Å². The van der Waals surface area contributed by atoms with Crippen LogP contribution in [0.4, 0.5) is 10.7 Å². The number of fused-ring (bicyclic) bond motifs is 1. The number of thiophene rings is 1. The van der Waals surface area contributed by atoms with E-state index in [4.69, 9.17) is 9.47 Å². The maximum Gasteiger partial charge on any atom is 0.341 e. The lowest BCUT2D eigenvalue weighted by Crippen LogP contribution is -2.30. The number of hydrogen-bond acceptors (Lipinski definition) is 8.